The minimum atomic E-state index is -1.02. The predicted molar refractivity (Wildman–Crippen MR) is 103 cm³/mol. The summed E-state index contributed by atoms with van der Waals surface area (Å²) in [7, 11) is 0. The van der Waals surface area contributed by atoms with Gasteiger partial charge in [0.2, 0.25) is 0 Å². The van der Waals surface area contributed by atoms with E-state index in [9.17, 15) is 14.3 Å². The van der Waals surface area contributed by atoms with E-state index in [-0.39, 0.29) is 11.6 Å². The summed E-state index contributed by atoms with van der Waals surface area (Å²) in [5.41, 5.74) is 2.39. The number of halogens is 1. The molecule has 4 rings (SSSR count). The van der Waals surface area contributed by atoms with E-state index in [1.54, 1.807) is 12.1 Å². The third-order valence-corrected chi connectivity index (χ3v) is 5.59. The number of aryl methyl sites for hydroxylation is 1. The second-order valence-corrected chi connectivity index (χ2v) is 7.44. The van der Waals surface area contributed by atoms with Crippen molar-refractivity contribution in [2.24, 2.45) is 4.99 Å². The zero-order valence-electron chi connectivity index (χ0n) is 15.2. The molecule has 5 heteroatoms. The number of piperidine rings is 1. The van der Waals surface area contributed by atoms with Gasteiger partial charge in [-0.1, -0.05) is 12.1 Å². The number of ketones is 1. The lowest BCUT2D eigenvalue weighted by Gasteiger charge is -2.38. The average Bonchev–Trinajstić information content (AvgIpc) is 2.69. The highest BCUT2D eigenvalue weighted by Crippen LogP contribution is 2.33. The lowest BCUT2D eigenvalue weighted by Crippen LogP contribution is -2.44. The summed E-state index contributed by atoms with van der Waals surface area (Å²) < 4.78 is 13.5. The molecule has 0 radical (unpaired) electrons. The number of fused-ring (bicyclic) bond motifs is 1. The molecule has 1 N–H and O–H groups in total. The smallest absolute Gasteiger partial charge is 0.176 e. The zero-order valence-corrected chi connectivity index (χ0v) is 15.2. The Morgan fingerprint density at radius 2 is 2.00 bits per heavy atom. The Morgan fingerprint density at radius 3 is 2.78 bits per heavy atom. The Bertz CT molecular complexity index is 886. The van der Waals surface area contributed by atoms with Gasteiger partial charge in [-0.25, -0.2) is 4.39 Å². The molecule has 0 bridgehead atoms. The fourth-order valence-electron chi connectivity index (χ4n) is 3.91. The van der Waals surface area contributed by atoms with Crippen LogP contribution in [0.4, 0.5) is 10.1 Å². The van der Waals surface area contributed by atoms with E-state index in [4.69, 9.17) is 0 Å². The van der Waals surface area contributed by atoms with Gasteiger partial charge < -0.3 is 5.11 Å². The minimum Gasteiger partial charge on any atom is -0.385 e. The summed E-state index contributed by atoms with van der Waals surface area (Å²) >= 11 is 0. The maximum Gasteiger partial charge on any atom is 0.176 e. The SMILES string of the molecule is O=C(CN1CCC(O)(c2cccc(F)c2)CC1)c1ccc2c(c1)CCC=N2. The van der Waals surface area contributed by atoms with Crippen LogP contribution in [0.1, 0.15) is 40.7 Å². The first-order chi connectivity index (χ1) is 13.0. The van der Waals surface area contributed by atoms with Crippen molar-refractivity contribution in [1.82, 2.24) is 4.90 Å². The topological polar surface area (TPSA) is 52.9 Å². The van der Waals surface area contributed by atoms with E-state index in [0.717, 1.165) is 29.7 Å². The third kappa shape index (κ3) is 3.84. The number of benzene rings is 2. The van der Waals surface area contributed by atoms with Crippen molar-refractivity contribution >= 4 is 17.7 Å². The molecule has 2 aromatic carbocycles. The molecule has 2 aliphatic heterocycles. The minimum absolute atomic E-state index is 0.0866. The van der Waals surface area contributed by atoms with Crippen LogP contribution >= 0.6 is 0 Å². The second-order valence-electron chi connectivity index (χ2n) is 7.44. The molecule has 0 unspecified atom stereocenters. The lowest BCUT2D eigenvalue weighted by atomic mass is 9.84. The molecular weight excluding hydrogens is 343 g/mol. The summed E-state index contributed by atoms with van der Waals surface area (Å²) in [5, 5.41) is 10.9. The van der Waals surface area contributed by atoms with Crippen LogP contribution in [0.15, 0.2) is 47.5 Å². The molecule has 27 heavy (non-hydrogen) atoms. The summed E-state index contributed by atoms with van der Waals surface area (Å²) in [6.07, 6.45) is 4.72. The van der Waals surface area contributed by atoms with Crippen molar-refractivity contribution in [3.05, 3.63) is 65.0 Å². The number of carbonyl (C=O) groups excluding carboxylic acids is 1. The maximum absolute atomic E-state index is 13.5. The fraction of sp³-hybridized carbons (Fsp3) is 0.364. The van der Waals surface area contributed by atoms with Gasteiger partial charge in [0.15, 0.2) is 5.78 Å². The van der Waals surface area contributed by atoms with Gasteiger partial charge in [-0.15, -0.1) is 0 Å². The normalized spacial score (nSPS) is 18.9. The molecule has 0 amide bonds. The number of nitrogens with zero attached hydrogens (tertiary/aromatic N) is 2. The summed E-state index contributed by atoms with van der Waals surface area (Å²) in [5.74, 6) is -0.251. The standard InChI is InChI=1S/C22H23FN2O2/c23-19-5-1-4-18(14-19)22(27)8-11-25(12-9-22)15-21(26)17-6-7-20-16(13-17)3-2-10-24-20/h1,4-7,10,13-14,27H,2-3,8-9,11-12,15H2. The highest BCUT2D eigenvalue weighted by molar-refractivity contribution is 5.98. The van der Waals surface area contributed by atoms with E-state index in [1.807, 2.05) is 24.4 Å². The van der Waals surface area contributed by atoms with Crippen LogP contribution in [0.5, 0.6) is 0 Å². The molecule has 1 fully saturated rings. The Hall–Kier alpha value is -2.37. The molecule has 0 aromatic heterocycles. The Labute approximate surface area is 158 Å². The largest absolute Gasteiger partial charge is 0.385 e. The zero-order chi connectivity index (χ0) is 18.9. The van der Waals surface area contributed by atoms with Crippen molar-refractivity contribution in [2.75, 3.05) is 19.6 Å². The molecule has 1 saturated heterocycles. The quantitative estimate of drug-likeness (QED) is 0.841. The molecule has 140 valence electrons. The number of Topliss-reactive ketones (excluding diaryl/α,β-unsaturated/α-hetero) is 1. The fourth-order valence-corrected chi connectivity index (χ4v) is 3.91. The molecule has 4 nitrogen and oxygen atoms in total. The van der Waals surface area contributed by atoms with E-state index < -0.39 is 5.60 Å². The van der Waals surface area contributed by atoms with Gasteiger partial charge >= 0.3 is 0 Å². The van der Waals surface area contributed by atoms with Crippen molar-refractivity contribution in [3.8, 4) is 0 Å². The Balaban J connectivity index is 1.39. The van der Waals surface area contributed by atoms with E-state index >= 15 is 0 Å². The molecular formula is C22H23FN2O2. The number of aliphatic hydroxyl groups is 1. The number of hydrogen-bond acceptors (Lipinski definition) is 4. The number of carbonyl (C=O) groups is 1. The van der Waals surface area contributed by atoms with E-state index in [0.29, 0.717) is 38.0 Å². The Morgan fingerprint density at radius 1 is 1.19 bits per heavy atom. The summed E-state index contributed by atoms with van der Waals surface area (Å²) in [6.45, 7) is 1.54. The summed E-state index contributed by atoms with van der Waals surface area (Å²) in [4.78, 5) is 19.1. The van der Waals surface area contributed by atoms with Crippen molar-refractivity contribution < 1.29 is 14.3 Å². The van der Waals surface area contributed by atoms with Crippen molar-refractivity contribution in [1.29, 1.82) is 0 Å². The third-order valence-electron chi connectivity index (χ3n) is 5.59. The number of likely N-dealkylation sites (tertiary alicyclic amines) is 1. The second kappa shape index (κ2) is 7.33. The number of hydrogen-bond donors (Lipinski definition) is 1. The first-order valence-corrected chi connectivity index (χ1v) is 9.43. The first kappa shape index (κ1) is 18.0. The van der Waals surface area contributed by atoms with Crippen LogP contribution in [0.3, 0.4) is 0 Å². The van der Waals surface area contributed by atoms with Gasteiger partial charge in [-0.2, -0.15) is 0 Å². The van der Waals surface area contributed by atoms with Crippen molar-refractivity contribution in [3.63, 3.8) is 0 Å². The van der Waals surface area contributed by atoms with Gasteiger partial charge in [-0.05, 0) is 67.1 Å². The molecule has 2 heterocycles. The molecule has 0 aliphatic carbocycles. The molecule has 0 atom stereocenters. The van der Waals surface area contributed by atoms with Gasteiger partial charge in [0.05, 0.1) is 17.8 Å². The predicted octanol–water partition coefficient (Wildman–Crippen LogP) is 3.64. The van der Waals surface area contributed by atoms with Gasteiger partial charge in [0.1, 0.15) is 5.82 Å². The van der Waals surface area contributed by atoms with Gasteiger partial charge in [0.25, 0.3) is 0 Å². The first-order valence-electron chi connectivity index (χ1n) is 9.43. The Kier molecular flexibility index (Phi) is 4.89. The highest BCUT2D eigenvalue weighted by atomic mass is 19.1. The highest BCUT2D eigenvalue weighted by Gasteiger charge is 2.34. The monoisotopic (exact) mass is 366 g/mol. The molecule has 0 saturated carbocycles. The van der Waals surface area contributed by atoms with Crippen LogP contribution in [0.25, 0.3) is 0 Å². The van der Waals surface area contributed by atoms with Crippen molar-refractivity contribution in [2.45, 2.75) is 31.3 Å². The molecule has 2 aliphatic rings. The van der Waals surface area contributed by atoms with Crippen LogP contribution in [-0.4, -0.2) is 41.6 Å². The van der Waals surface area contributed by atoms with Crippen LogP contribution in [0.2, 0.25) is 0 Å². The van der Waals surface area contributed by atoms with Crippen LogP contribution in [0, 0.1) is 5.82 Å². The van der Waals surface area contributed by atoms with E-state index in [2.05, 4.69) is 9.89 Å². The summed E-state index contributed by atoms with van der Waals surface area (Å²) in [6, 6.07) is 11.9. The van der Waals surface area contributed by atoms with E-state index in [1.165, 1.54) is 12.1 Å². The number of aliphatic imine (C=N–C) groups is 1. The van der Waals surface area contributed by atoms with Gasteiger partial charge in [-0.3, -0.25) is 14.7 Å². The van der Waals surface area contributed by atoms with Crippen LogP contribution in [-0.2, 0) is 12.0 Å². The average molecular weight is 366 g/mol. The molecule has 2 aromatic rings. The molecule has 0 spiro atoms. The lowest BCUT2D eigenvalue weighted by molar-refractivity contribution is -0.0247. The van der Waals surface area contributed by atoms with Gasteiger partial charge in [0, 0.05) is 24.9 Å². The maximum atomic E-state index is 13.5. The number of rotatable bonds is 4. The van der Waals surface area contributed by atoms with Crippen LogP contribution < -0.4 is 0 Å².